The smallest absolute Gasteiger partial charge is 0.140 e. The number of hydrogen-bond acceptors (Lipinski definition) is 1. The number of nitrogens with zero attached hydrogens (tertiary/aromatic N) is 2. The summed E-state index contributed by atoms with van der Waals surface area (Å²) < 4.78 is 2.33. The van der Waals surface area contributed by atoms with Crippen molar-refractivity contribution < 1.29 is 0 Å². The van der Waals surface area contributed by atoms with Crippen molar-refractivity contribution >= 4 is 0 Å². The van der Waals surface area contributed by atoms with E-state index in [1.807, 2.05) is 12.3 Å². The molecule has 1 aromatic heterocycles. The van der Waals surface area contributed by atoms with Crippen molar-refractivity contribution in [2.75, 3.05) is 0 Å². The average Bonchev–Trinajstić information content (AvgIpc) is 2.92. The van der Waals surface area contributed by atoms with E-state index in [1.54, 1.807) is 0 Å². The lowest BCUT2D eigenvalue weighted by Crippen LogP contribution is -2.11. The van der Waals surface area contributed by atoms with Crippen molar-refractivity contribution in [1.29, 1.82) is 0 Å². The number of hydrogen-bond donors (Lipinski definition) is 0. The summed E-state index contributed by atoms with van der Waals surface area (Å²) in [5.41, 5.74) is 5.17. The minimum Gasteiger partial charge on any atom is -0.324 e. The molecule has 92 valence electrons. The average molecular weight is 246 g/mol. The van der Waals surface area contributed by atoms with Gasteiger partial charge in [-0.3, -0.25) is 0 Å². The van der Waals surface area contributed by atoms with Crippen LogP contribution in [0.3, 0.4) is 0 Å². The van der Waals surface area contributed by atoms with Crippen LogP contribution in [0.1, 0.15) is 5.56 Å². The van der Waals surface area contributed by atoms with Gasteiger partial charge in [-0.25, -0.2) is 4.98 Å². The number of fused-ring (bicyclic) bond motifs is 3. The summed E-state index contributed by atoms with van der Waals surface area (Å²) in [6, 6.07) is 19.0. The van der Waals surface area contributed by atoms with Crippen LogP contribution in [0.4, 0.5) is 0 Å². The number of aryl methyl sites for hydroxylation is 1. The second-order valence-electron chi connectivity index (χ2n) is 4.89. The van der Waals surface area contributed by atoms with Crippen LogP contribution in [0.5, 0.6) is 0 Å². The molecule has 0 radical (unpaired) electrons. The summed E-state index contributed by atoms with van der Waals surface area (Å²) >= 11 is 0. The molecule has 4 rings (SSSR count). The zero-order chi connectivity index (χ0) is 12.7. The van der Waals surface area contributed by atoms with Crippen LogP contribution in [0.15, 0.2) is 60.8 Å². The van der Waals surface area contributed by atoms with Gasteiger partial charge in [0.05, 0.1) is 11.9 Å². The van der Waals surface area contributed by atoms with Gasteiger partial charge in [0.15, 0.2) is 0 Å². The van der Waals surface area contributed by atoms with E-state index in [2.05, 4.69) is 58.1 Å². The molecule has 3 aromatic rings. The maximum atomic E-state index is 4.63. The van der Waals surface area contributed by atoms with E-state index in [-0.39, 0.29) is 0 Å². The van der Waals surface area contributed by atoms with E-state index < -0.39 is 0 Å². The van der Waals surface area contributed by atoms with E-state index in [9.17, 15) is 0 Å². The Balaban J connectivity index is 1.91. The molecule has 0 unspecified atom stereocenters. The molecule has 1 aliphatic heterocycles. The summed E-state index contributed by atoms with van der Waals surface area (Å²) in [4.78, 5) is 4.63. The largest absolute Gasteiger partial charge is 0.324 e. The van der Waals surface area contributed by atoms with Gasteiger partial charge >= 0.3 is 0 Å². The second-order valence-corrected chi connectivity index (χ2v) is 4.89. The lowest BCUT2D eigenvalue weighted by Gasteiger charge is -2.20. The molecular weight excluding hydrogens is 232 g/mol. The Morgan fingerprint density at radius 2 is 1.68 bits per heavy atom. The summed E-state index contributed by atoms with van der Waals surface area (Å²) in [7, 11) is 0. The first kappa shape index (κ1) is 10.6. The molecule has 2 aromatic carbocycles. The summed E-state index contributed by atoms with van der Waals surface area (Å²) in [6.45, 7) is 1.01. The normalized spacial score (nSPS) is 12.8. The van der Waals surface area contributed by atoms with Crippen molar-refractivity contribution in [2.24, 2.45) is 0 Å². The highest BCUT2D eigenvalue weighted by Gasteiger charge is 2.19. The van der Waals surface area contributed by atoms with Gasteiger partial charge in [0.2, 0.25) is 0 Å². The van der Waals surface area contributed by atoms with Gasteiger partial charge in [-0.2, -0.15) is 0 Å². The van der Waals surface area contributed by atoms with E-state index in [0.717, 1.165) is 18.8 Å². The van der Waals surface area contributed by atoms with Crippen molar-refractivity contribution in [3.05, 3.63) is 66.4 Å². The highest BCUT2D eigenvalue weighted by molar-refractivity contribution is 5.69. The highest BCUT2D eigenvalue weighted by atomic mass is 15.1. The summed E-state index contributed by atoms with van der Waals surface area (Å²) in [6.07, 6.45) is 3.08. The molecule has 0 saturated heterocycles. The van der Waals surface area contributed by atoms with Gasteiger partial charge in [0.1, 0.15) is 5.82 Å². The van der Waals surface area contributed by atoms with Gasteiger partial charge in [-0.15, -0.1) is 0 Å². The lowest BCUT2D eigenvalue weighted by atomic mass is 9.99. The molecule has 0 saturated carbocycles. The Morgan fingerprint density at radius 3 is 2.58 bits per heavy atom. The lowest BCUT2D eigenvalue weighted by molar-refractivity contribution is 0.691. The Kier molecular flexibility index (Phi) is 2.27. The molecule has 2 heteroatoms. The third kappa shape index (κ3) is 1.60. The van der Waals surface area contributed by atoms with Crippen LogP contribution < -0.4 is 0 Å². The SMILES string of the molecule is c1ccc(-c2ncc3n2CCc2ccccc2-3)cc1. The van der Waals surface area contributed by atoms with Crippen molar-refractivity contribution in [3.8, 4) is 22.6 Å². The molecule has 1 aliphatic rings. The van der Waals surface area contributed by atoms with Crippen LogP contribution >= 0.6 is 0 Å². The van der Waals surface area contributed by atoms with Gasteiger partial charge in [0, 0.05) is 17.7 Å². The molecule has 0 amide bonds. The standard InChI is InChI=1S/C17H14N2/c1-2-7-14(8-3-1)17-18-12-16-15-9-5-4-6-13(15)10-11-19(16)17/h1-9,12H,10-11H2. The number of benzene rings is 2. The molecule has 2 heterocycles. The molecule has 0 fully saturated rings. The minimum atomic E-state index is 1.01. The Morgan fingerprint density at radius 1 is 0.895 bits per heavy atom. The zero-order valence-electron chi connectivity index (χ0n) is 10.6. The Bertz CT molecular complexity index is 713. The first-order chi connectivity index (χ1) is 9.43. The minimum absolute atomic E-state index is 1.01. The quantitative estimate of drug-likeness (QED) is 0.639. The first-order valence-corrected chi connectivity index (χ1v) is 6.63. The first-order valence-electron chi connectivity index (χ1n) is 6.63. The molecule has 2 nitrogen and oxygen atoms in total. The monoisotopic (exact) mass is 246 g/mol. The van der Waals surface area contributed by atoms with E-state index >= 15 is 0 Å². The maximum Gasteiger partial charge on any atom is 0.140 e. The number of rotatable bonds is 1. The second kappa shape index (κ2) is 4.09. The van der Waals surface area contributed by atoms with Crippen LogP contribution in [0, 0.1) is 0 Å². The topological polar surface area (TPSA) is 17.8 Å². The zero-order valence-corrected chi connectivity index (χ0v) is 10.6. The fraction of sp³-hybridized carbons (Fsp3) is 0.118. The molecule has 0 atom stereocenters. The van der Waals surface area contributed by atoms with E-state index in [1.165, 1.54) is 22.4 Å². The fourth-order valence-electron chi connectivity index (χ4n) is 2.86. The third-order valence-corrected chi connectivity index (χ3v) is 3.79. The van der Waals surface area contributed by atoms with E-state index in [4.69, 9.17) is 0 Å². The van der Waals surface area contributed by atoms with Crippen LogP contribution in [-0.4, -0.2) is 9.55 Å². The molecule has 0 bridgehead atoms. The molecular formula is C17H14N2. The molecule has 19 heavy (non-hydrogen) atoms. The van der Waals surface area contributed by atoms with Crippen LogP contribution in [-0.2, 0) is 13.0 Å². The number of aromatic nitrogens is 2. The van der Waals surface area contributed by atoms with Crippen molar-refractivity contribution in [3.63, 3.8) is 0 Å². The Hall–Kier alpha value is -2.35. The molecule has 0 aliphatic carbocycles. The van der Waals surface area contributed by atoms with Crippen LogP contribution in [0.25, 0.3) is 22.6 Å². The molecule has 0 spiro atoms. The van der Waals surface area contributed by atoms with Crippen molar-refractivity contribution in [1.82, 2.24) is 9.55 Å². The predicted octanol–water partition coefficient (Wildman–Crippen LogP) is 3.77. The molecule has 0 N–H and O–H groups in total. The highest BCUT2D eigenvalue weighted by Crippen LogP contribution is 2.32. The van der Waals surface area contributed by atoms with Crippen LogP contribution in [0.2, 0.25) is 0 Å². The fourth-order valence-corrected chi connectivity index (χ4v) is 2.86. The third-order valence-electron chi connectivity index (χ3n) is 3.79. The van der Waals surface area contributed by atoms with Gasteiger partial charge in [-0.05, 0) is 12.0 Å². The van der Waals surface area contributed by atoms with E-state index in [0.29, 0.717) is 0 Å². The Labute approximate surface area is 112 Å². The summed E-state index contributed by atoms with van der Waals surface area (Å²) in [5, 5.41) is 0. The predicted molar refractivity (Wildman–Crippen MR) is 76.8 cm³/mol. The van der Waals surface area contributed by atoms with Crippen molar-refractivity contribution in [2.45, 2.75) is 13.0 Å². The number of imidazole rings is 1. The maximum absolute atomic E-state index is 4.63. The van der Waals surface area contributed by atoms with Gasteiger partial charge in [0.25, 0.3) is 0 Å². The summed E-state index contributed by atoms with van der Waals surface area (Å²) in [5.74, 6) is 1.07. The van der Waals surface area contributed by atoms with Gasteiger partial charge < -0.3 is 4.57 Å². The van der Waals surface area contributed by atoms with Gasteiger partial charge in [-0.1, -0.05) is 54.6 Å².